The van der Waals surface area contributed by atoms with Gasteiger partial charge in [-0.15, -0.1) is 0 Å². The second-order valence-corrected chi connectivity index (χ2v) is 4.87. The summed E-state index contributed by atoms with van der Waals surface area (Å²) in [6.45, 7) is 0. The molecule has 0 atom stereocenters. The van der Waals surface area contributed by atoms with Crippen LogP contribution in [0.3, 0.4) is 0 Å². The number of rotatable bonds is 2. The molecule has 3 nitrogen and oxygen atoms in total. The minimum Gasteiger partial charge on any atom is -0.465 e. The van der Waals surface area contributed by atoms with Crippen LogP contribution < -0.4 is 0 Å². The lowest BCUT2D eigenvalue weighted by atomic mass is 10.1. The van der Waals surface area contributed by atoms with Crippen molar-refractivity contribution < 1.29 is 9.53 Å². The Balaban J connectivity index is 2.50. The number of pyridine rings is 1. The molecule has 0 aliphatic carbocycles. The lowest BCUT2D eigenvalue weighted by Crippen LogP contribution is -2.01. The molecule has 2 rings (SSSR count). The summed E-state index contributed by atoms with van der Waals surface area (Å²) in [5, 5.41) is 0.945. The Morgan fingerprint density at radius 1 is 1.16 bits per heavy atom. The van der Waals surface area contributed by atoms with Crippen molar-refractivity contribution in [3.63, 3.8) is 0 Å². The van der Waals surface area contributed by atoms with Gasteiger partial charge in [0.05, 0.1) is 33.4 Å². The second kappa shape index (κ2) is 5.78. The Morgan fingerprint density at radius 2 is 1.79 bits per heavy atom. The summed E-state index contributed by atoms with van der Waals surface area (Å²) in [7, 11) is 1.32. The van der Waals surface area contributed by atoms with Gasteiger partial charge in [0, 0.05) is 11.8 Å². The van der Waals surface area contributed by atoms with E-state index in [0.29, 0.717) is 26.9 Å². The molecule has 6 heteroatoms. The normalized spacial score (nSPS) is 10.3. The van der Waals surface area contributed by atoms with Crippen LogP contribution in [0.4, 0.5) is 0 Å². The number of hydrogen-bond acceptors (Lipinski definition) is 3. The summed E-state index contributed by atoms with van der Waals surface area (Å²) in [6, 6.07) is 6.44. The first-order chi connectivity index (χ1) is 9.02. The number of ether oxygens (including phenoxy) is 1. The number of benzene rings is 1. The molecule has 0 amide bonds. The molecule has 0 N–H and O–H groups in total. The number of nitrogens with zero attached hydrogens (tertiary/aromatic N) is 1. The van der Waals surface area contributed by atoms with E-state index in [1.165, 1.54) is 13.3 Å². The molecule has 2 aromatic rings. The van der Waals surface area contributed by atoms with Crippen LogP contribution in [0.1, 0.15) is 10.4 Å². The minimum atomic E-state index is -0.435. The highest BCUT2D eigenvalue weighted by molar-refractivity contribution is 6.48. The van der Waals surface area contributed by atoms with Gasteiger partial charge in [0.15, 0.2) is 0 Å². The minimum absolute atomic E-state index is 0.288. The molecule has 1 heterocycles. The molecule has 0 aliphatic rings. The van der Waals surface area contributed by atoms with Crippen molar-refractivity contribution >= 4 is 40.8 Å². The zero-order valence-corrected chi connectivity index (χ0v) is 12.1. The van der Waals surface area contributed by atoms with Crippen LogP contribution in [0.25, 0.3) is 11.3 Å². The van der Waals surface area contributed by atoms with Gasteiger partial charge in [-0.25, -0.2) is 4.79 Å². The number of carbonyl (C=O) groups is 1. The first-order valence-corrected chi connectivity index (χ1v) is 6.35. The van der Waals surface area contributed by atoms with Gasteiger partial charge in [-0.2, -0.15) is 0 Å². The highest BCUT2D eigenvalue weighted by Crippen LogP contribution is 2.34. The van der Waals surface area contributed by atoms with E-state index in [4.69, 9.17) is 34.8 Å². The Bertz CT molecular complexity index is 621. The first kappa shape index (κ1) is 14.1. The third-order valence-electron chi connectivity index (χ3n) is 2.46. The van der Waals surface area contributed by atoms with E-state index in [2.05, 4.69) is 9.72 Å². The molecule has 19 heavy (non-hydrogen) atoms. The zero-order chi connectivity index (χ0) is 14.0. The third kappa shape index (κ3) is 3.00. The van der Waals surface area contributed by atoms with Crippen molar-refractivity contribution in [1.29, 1.82) is 0 Å². The summed E-state index contributed by atoms with van der Waals surface area (Å²) < 4.78 is 4.65. The summed E-state index contributed by atoms with van der Waals surface area (Å²) in [4.78, 5) is 15.6. The molecular formula is C13H8Cl3NO2. The van der Waals surface area contributed by atoms with Gasteiger partial charge >= 0.3 is 5.97 Å². The van der Waals surface area contributed by atoms with Crippen LogP contribution in [0, 0.1) is 0 Å². The average Bonchev–Trinajstić information content (AvgIpc) is 2.43. The zero-order valence-electron chi connectivity index (χ0n) is 9.78. The fourth-order valence-electron chi connectivity index (χ4n) is 1.54. The van der Waals surface area contributed by atoms with E-state index >= 15 is 0 Å². The van der Waals surface area contributed by atoms with E-state index in [1.807, 2.05) is 0 Å². The average molecular weight is 317 g/mol. The summed E-state index contributed by atoms with van der Waals surface area (Å²) in [5.74, 6) is -0.435. The molecule has 0 bridgehead atoms. The van der Waals surface area contributed by atoms with Crippen LogP contribution in [0.5, 0.6) is 0 Å². The Morgan fingerprint density at radius 3 is 2.37 bits per heavy atom. The number of aromatic nitrogens is 1. The molecule has 0 spiro atoms. The quantitative estimate of drug-likeness (QED) is 0.605. The number of halogens is 3. The molecule has 1 aromatic carbocycles. The number of methoxy groups -OCH3 is 1. The summed E-state index contributed by atoms with van der Waals surface area (Å²) in [5.41, 5.74) is 1.63. The Labute approximate surface area is 125 Å². The van der Waals surface area contributed by atoms with Gasteiger partial charge in [-0.05, 0) is 24.3 Å². The van der Waals surface area contributed by atoms with Gasteiger partial charge in [0.2, 0.25) is 0 Å². The lowest BCUT2D eigenvalue weighted by Gasteiger charge is -2.06. The molecule has 98 valence electrons. The fraction of sp³-hybridized carbons (Fsp3) is 0.0769. The maximum atomic E-state index is 11.5. The molecule has 0 aliphatic heterocycles. The van der Waals surface area contributed by atoms with E-state index in [-0.39, 0.29) is 5.02 Å². The topological polar surface area (TPSA) is 39.2 Å². The van der Waals surface area contributed by atoms with Gasteiger partial charge in [0.1, 0.15) is 0 Å². The predicted octanol–water partition coefficient (Wildman–Crippen LogP) is 4.50. The summed E-state index contributed by atoms with van der Waals surface area (Å²) in [6.07, 6.45) is 1.51. The smallest absolute Gasteiger partial charge is 0.337 e. The van der Waals surface area contributed by atoms with Crippen LogP contribution in [0.2, 0.25) is 15.1 Å². The van der Waals surface area contributed by atoms with E-state index < -0.39 is 5.97 Å². The van der Waals surface area contributed by atoms with Gasteiger partial charge in [-0.1, -0.05) is 34.8 Å². The number of esters is 1. The highest BCUT2D eigenvalue weighted by Gasteiger charge is 2.11. The summed E-state index contributed by atoms with van der Waals surface area (Å²) >= 11 is 17.8. The van der Waals surface area contributed by atoms with Crippen LogP contribution in [-0.4, -0.2) is 18.1 Å². The predicted molar refractivity (Wildman–Crippen MR) is 76.0 cm³/mol. The SMILES string of the molecule is COC(=O)c1ccnc(-c2cc(Cl)c(Cl)c(Cl)c2)c1. The van der Waals surface area contributed by atoms with Gasteiger partial charge in [0.25, 0.3) is 0 Å². The number of hydrogen-bond donors (Lipinski definition) is 0. The maximum Gasteiger partial charge on any atom is 0.337 e. The molecular weight excluding hydrogens is 309 g/mol. The fourth-order valence-corrected chi connectivity index (χ4v) is 2.13. The van der Waals surface area contributed by atoms with Crippen molar-refractivity contribution in [2.75, 3.05) is 7.11 Å². The molecule has 0 saturated heterocycles. The van der Waals surface area contributed by atoms with E-state index in [9.17, 15) is 4.79 Å². The second-order valence-electron chi connectivity index (χ2n) is 3.68. The third-order valence-corrected chi connectivity index (χ3v) is 3.66. The van der Waals surface area contributed by atoms with E-state index in [0.717, 1.165) is 0 Å². The maximum absolute atomic E-state index is 11.5. The Kier molecular flexibility index (Phi) is 4.30. The first-order valence-electron chi connectivity index (χ1n) is 5.22. The molecule has 1 aromatic heterocycles. The van der Waals surface area contributed by atoms with Gasteiger partial charge in [-0.3, -0.25) is 4.98 Å². The lowest BCUT2D eigenvalue weighted by molar-refractivity contribution is 0.0600. The molecule has 0 unspecified atom stereocenters. The van der Waals surface area contributed by atoms with Crippen molar-refractivity contribution in [3.05, 3.63) is 51.1 Å². The van der Waals surface area contributed by atoms with Gasteiger partial charge < -0.3 is 4.74 Å². The van der Waals surface area contributed by atoms with Crippen LogP contribution in [0.15, 0.2) is 30.5 Å². The largest absolute Gasteiger partial charge is 0.465 e. The van der Waals surface area contributed by atoms with E-state index in [1.54, 1.807) is 24.3 Å². The van der Waals surface area contributed by atoms with Crippen molar-refractivity contribution in [2.24, 2.45) is 0 Å². The van der Waals surface area contributed by atoms with Crippen molar-refractivity contribution in [1.82, 2.24) is 4.98 Å². The molecule has 0 fully saturated rings. The molecule has 0 saturated carbocycles. The standard InChI is InChI=1S/C13H8Cl3NO2/c1-19-13(18)7-2-3-17-11(6-7)8-4-9(14)12(16)10(15)5-8/h2-6H,1H3. The van der Waals surface area contributed by atoms with Crippen LogP contribution in [-0.2, 0) is 4.74 Å². The Hall–Kier alpha value is -1.29. The van der Waals surface area contributed by atoms with Crippen LogP contribution >= 0.6 is 34.8 Å². The van der Waals surface area contributed by atoms with Crippen molar-refractivity contribution in [3.8, 4) is 11.3 Å². The monoisotopic (exact) mass is 315 g/mol. The highest BCUT2D eigenvalue weighted by atomic mass is 35.5. The number of carbonyl (C=O) groups excluding carboxylic acids is 1. The van der Waals surface area contributed by atoms with Crippen molar-refractivity contribution in [2.45, 2.75) is 0 Å². The molecule has 0 radical (unpaired) electrons.